The van der Waals surface area contributed by atoms with Crippen molar-refractivity contribution in [3.05, 3.63) is 34.0 Å². The standard InChI is InChI=1S/C12H8ClF3O4/c1-5-2-6-4-8(19-11(17)18)10(12(14,15)16)20-9(6)7(13)3-5/h2-4,10H,1H3,(H,17,18)/i1D3. The molecule has 108 valence electrons. The molecule has 0 bridgehead atoms. The fourth-order valence-electron chi connectivity index (χ4n) is 1.66. The average Bonchev–Trinajstić information content (AvgIpc) is 2.34. The first-order valence-electron chi connectivity index (χ1n) is 6.59. The molecule has 0 aromatic heterocycles. The summed E-state index contributed by atoms with van der Waals surface area (Å²) in [5, 5.41) is 8.19. The van der Waals surface area contributed by atoms with Crippen LogP contribution in [0.5, 0.6) is 5.75 Å². The summed E-state index contributed by atoms with van der Waals surface area (Å²) in [5.41, 5.74) is -0.360. The van der Waals surface area contributed by atoms with Gasteiger partial charge in [-0.2, -0.15) is 13.2 Å². The van der Waals surface area contributed by atoms with Gasteiger partial charge in [0, 0.05) is 9.68 Å². The Labute approximate surface area is 120 Å². The van der Waals surface area contributed by atoms with Crippen LogP contribution in [0.4, 0.5) is 18.0 Å². The van der Waals surface area contributed by atoms with E-state index in [0.717, 1.165) is 18.2 Å². The molecule has 1 aliphatic rings. The van der Waals surface area contributed by atoms with E-state index in [2.05, 4.69) is 4.74 Å². The minimum atomic E-state index is -4.95. The third-order valence-electron chi connectivity index (χ3n) is 2.37. The minimum Gasteiger partial charge on any atom is -0.471 e. The molecule has 1 aliphatic heterocycles. The van der Waals surface area contributed by atoms with Crippen LogP contribution in [0.1, 0.15) is 15.2 Å². The molecule has 8 heteroatoms. The van der Waals surface area contributed by atoms with Crippen molar-refractivity contribution in [3.63, 3.8) is 0 Å². The van der Waals surface area contributed by atoms with Gasteiger partial charge in [0.25, 0.3) is 6.10 Å². The molecule has 0 saturated carbocycles. The van der Waals surface area contributed by atoms with Gasteiger partial charge in [-0.1, -0.05) is 11.6 Å². The zero-order chi connectivity index (χ0) is 17.6. The number of aryl methyl sites for hydroxylation is 1. The second kappa shape index (κ2) is 4.90. The Morgan fingerprint density at radius 3 is 2.80 bits per heavy atom. The smallest absolute Gasteiger partial charge is 0.471 e. The van der Waals surface area contributed by atoms with Crippen molar-refractivity contribution >= 4 is 23.8 Å². The summed E-state index contributed by atoms with van der Waals surface area (Å²) in [5.74, 6) is -1.43. The highest BCUT2D eigenvalue weighted by Gasteiger charge is 2.48. The quantitative estimate of drug-likeness (QED) is 0.796. The molecule has 2 rings (SSSR count). The summed E-state index contributed by atoms with van der Waals surface area (Å²) in [6, 6.07) is 2.00. The van der Waals surface area contributed by atoms with Crippen molar-refractivity contribution in [2.75, 3.05) is 0 Å². The van der Waals surface area contributed by atoms with Crippen LogP contribution in [-0.4, -0.2) is 23.5 Å². The van der Waals surface area contributed by atoms with Gasteiger partial charge in [-0.25, -0.2) is 4.79 Å². The summed E-state index contributed by atoms with van der Waals surface area (Å²) in [7, 11) is 0. The fraction of sp³-hybridized carbons (Fsp3) is 0.250. The summed E-state index contributed by atoms with van der Waals surface area (Å²) < 4.78 is 69.6. The lowest BCUT2D eigenvalue weighted by atomic mass is 10.1. The van der Waals surface area contributed by atoms with E-state index >= 15 is 0 Å². The van der Waals surface area contributed by atoms with E-state index in [4.69, 9.17) is 25.6 Å². The molecule has 0 aliphatic carbocycles. The van der Waals surface area contributed by atoms with E-state index in [1.165, 1.54) is 0 Å². The SMILES string of the molecule is [2H]C([2H])([2H])c1cc(Cl)c2c(c1)C=C(OC(=O)O)C(C(F)(F)F)O2. The Morgan fingerprint density at radius 2 is 2.25 bits per heavy atom. The van der Waals surface area contributed by atoms with Gasteiger partial charge in [0.05, 0.1) is 5.02 Å². The maximum atomic E-state index is 13.0. The largest absolute Gasteiger partial charge is 0.511 e. The van der Waals surface area contributed by atoms with Crippen LogP contribution < -0.4 is 4.74 Å². The van der Waals surface area contributed by atoms with Crippen molar-refractivity contribution in [2.45, 2.75) is 19.1 Å². The summed E-state index contributed by atoms with van der Waals surface area (Å²) in [6.07, 6.45) is -8.84. The molecule has 1 heterocycles. The lowest BCUT2D eigenvalue weighted by Crippen LogP contribution is -2.39. The summed E-state index contributed by atoms with van der Waals surface area (Å²) >= 11 is 5.79. The molecule has 0 fully saturated rings. The van der Waals surface area contributed by atoms with E-state index in [1.807, 2.05) is 0 Å². The van der Waals surface area contributed by atoms with Gasteiger partial charge in [0.15, 0.2) is 5.76 Å². The first-order chi connectivity index (χ1) is 10.4. The van der Waals surface area contributed by atoms with E-state index in [0.29, 0.717) is 0 Å². The van der Waals surface area contributed by atoms with Crippen LogP contribution >= 0.6 is 11.6 Å². The number of fused-ring (bicyclic) bond motifs is 1. The van der Waals surface area contributed by atoms with Crippen LogP contribution in [0, 0.1) is 6.85 Å². The van der Waals surface area contributed by atoms with E-state index in [-0.39, 0.29) is 16.1 Å². The molecule has 0 radical (unpaired) electrons. The normalized spacial score (nSPS) is 20.7. The number of rotatable bonds is 1. The van der Waals surface area contributed by atoms with Crippen molar-refractivity contribution in [2.24, 2.45) is 0 Å². The molecular weight excluding hydrogens is 301 g/mol. The van der Waals surface area contributed by atoms with Crippen molar-refractivity contribution in [1.29, 1.82) is 0 Å². The molecule has 1 aromatic carbocycles. The number of carboxylic acid groups (broad SMARTS) is 1. The number of benzene rings is 1. The monoisotopic (exact) mass is 311 g/mol. The highest BCUT2D eigenvalue weighted by Crippen LogP contribution is 2.41. The summed E-state index contributed by atoms with van der Waals surface area (Å²) in [6.45, 7) is -2.55. The van der Waals surface area contributed by atoms with Crippen molar-refractivity contribution in [3.8, 4) is 5.75 Å². The van der Waals surface area contributed by atoms with Gasteiger partial charge in [0.1, 0.15) is 5.75 Å². The molecule has 1 atom stereocenters. The first-order valence-corrected chi connectivity index (χ1v) is 5.47. The van der Waals surface area contributed by atoms with E-state index in [9.17, 15) is 18.0 Å². The molecular formula is C12H8ClF3O4. The Morgan fingerprint density at radius 1 is 1.55 bits per heavy atom. The zero-order valence-corrected chi connectivity index (χ0v) is 10.2. The predicted molar refractivity (Wildman–Crippen MR) is 63.7 cm³/mol. The van der Waals surface area contributed by atoms with Gasteiger partial charge >= 0.3 is 12.3 Å². The van der Waals surface area contributed by atoms with E-state index < -0.39 is 36.8 Å². The summed E-state index contributed by atoms with van der Waals surface area (Å²) in [4.78, 5) is 10.5. The highest BCUT2D eigenvalue weighted by atomic mass is 35.5. The number of hydrogen-bond acceptors (Lipinski definition) is 3. The Balaban J connectivity index is 2.59. The van der Waals surface area contributed by atoms with Crippen LogP contribution in [0.2, 0.25) is 5.02 Å². The topological polar surface area (TPSA) is 55.8 Å². The van der Waals surface area contributed by atoms with Gasteiger partial charge in [-0.15, -0.1) is 0 Å². The van der Waals surface area contributed by atoms with Crippen molar-refractivity contribution < 1.29 is 36.7 Å². The van der Waals surface area contributed by atoms with Crippen LogP contribution in [0.15, 0.2) is 17.9 Å². The minimum absolute atomic E-state index is 0.125. The molecule has 0 saturated heterocycles. The van der Waals surface area contributed by atoms with Crippen LogP contribution in [0.3, 0.4) is 0 Å². The second-order valence-corrected chi connectivity index (χ2v) is 4.24. The molecule has 1 aromatic rings. The number of ether oxygens (including phenoxy) is 2. The third-order valence-corrected chi connectivity index (χ3v) is 2.65. The zero-order valence-electron chi connectivity index (χ0n) is 12.5. The van der Waals surface area contributed by atoms with Crippen LogP contribution in [0.25, 0.3) is 6.08 Å². The molecule has 4 nitrogen and oxygen atoms in total. The molecule has 0 amide bonds. The Kier molecular flexibility index (Phi) is 2.66. The molecule has 0 spiro atoms. The number of alkyl halides is 3. The lowest BCUT2D eigenvalue weighted by Gasteiger charge is -2.28. The van der Waals surface area contributed by atoms with Gasteiger partial charge in [-0.05, 0) is 30.6 Å². The van der Waals surface area contributed by atoms with Gasteiger partial charge in [-0.3, -0.25) is 0 Å². The third kappa shape index (κ3) is 2.82. The maximum absolute atomic E-state index is 13.0. The molecule has 1 N–H and O–H groups in total. The number of hydrogen-bond donors (Lipinski definition) is 1. The Bertz CT molecular complexity index is 685. The number of carbonyl (C=O) groups is 1. The number of halogens is 4. The predicted octanol–water partition coefficient (Wildman–Crippen LogP) is 4.01. The van der Waals surface area contributed by atoms with Gasteiger partial charge in [0.2, 0.25) is 0 Å². The maximum Gasteiger partial charge on any atom is 0.511 e. The van der Waals surface area contributed by atoms with Crippen molar-refractivity contribution in [1.82, 2.24) is 0 Å². The molecule has 1 unspecified atom stereocenters. The highest BCUT2D eigenvalue weighted by molar-refractivity contribution is 6.32. The lowest BCUT2D eigenvalue weighted by molar-refractivity contribution is -0.191. The first kappa shape index (κ1) is 10.8. The van der Waals surface area contributed by atoms with Gasteiger partial charge < -0.3 is 14.6 Å². The van der Waals surface area contributed by atoms with E-state index in [1.54, 1.807) is 0 Å². The fourth-order valence-corrected chi connectivity index (χ4v) is 1.93. The molecule has 20 heavy (non-hydrogen) atoms. The second-order valence-electron chi connectivity index (χ2n) is 3.83. The Hall–Kier alpha value is -1.89. The average molecular weight is 312 g/mol. The van der Waals surface area contributed by atoms with Crippen LogP contribution in [-0.2, 0) is 4.74 Å².